The Kier molecular flexibility index (Phi) is 6.28. The Morgan fingerprint density at radius 2 is 2.10 bits per heavy atom. The van der Waals surface area contributed by atoms with Crippen molar-refractivity contribution in [1.82, 2.24) is 15.6 Å². The van der Waals surface area contributed by atoms with Crippen LogP contribution >= 0.6 is 11.3 Å². The third-order valence-electron chi connectivity index (χ3n) is 5.42. The third kappa shape index (κ3) is 5.36. The highest BCUT2D eigenvalue weighted by Crippen LogP contribution is 2.29. The quantitative estimate of drug-likeness (QED) is 0.551. The van der Waals surface area contributed by atoms with Crippen molar-refractivity contribution in [2.24, 2.45) is 0 Å². The number of thiazole rings is 1. The van der Waals surface area contributed by atoms with Crippen molar-refractivity contribution in [3.8, 4) is 0 Å². The Labute approximate surface area is 179 Å². The van der Waals surface area contributed by atoms with E-state index in [4.69, 9.17) is 4.42 Å². The van der Waals surface area contributed by atoms with Gasteiger partial charge in [0.25, 0.3) is 0 Å². The van der Waals surface area contributed by atoms with E-state index in [1.165, 1.54) is 5.56 Å². The van der Waals surface area contributed by atoms with Crippen molar-refractivity contribution in [1.29, 1.82) is 0 Å². The van der Waals surface area contributed by atoms with E-state index in [-0.39, 0.29) is 11.8 Å². The Hall–Kier alpha value is -2.93. The van der Waals surface area contributed by atoms with Crippen LogP contribution in [0.3, 0.4) is 0 Å². The zero-order valence-electron chi connectivity index (χ0n) is 16.7. The second-order valence-electron chi connectivity index (χ2n) is 7.76. The van der Waals surface area contributed by atoms with Crippen LogP contribution in [-0.4, -0.2) is 22.3 Å². The summed E-state index contributed by atoms with van der Waals surface area (Å²) in [5.74, 6) is 0.828. The van der Waals surface area contributed by atoms with Crippen LogP contribution in [0.1, 0.15) is 47.7 Å². The number of hydrogen-bond donors (Lipinski definition) is 2. The highest BCUT2D eigenvalue weighted by molar-refractivity contribution is 7.09. The molecule has 1 aliphatic heterocycles. The predicted molar refractivity (Wildman–Crippen MR) is 115 cm³/mol. The van der Waals surface area contributed by atoms with Gasteiger partial charge < -0.3 is 15.1 Å². The zero-order chi connectivity index (χ0) is 20.8. The Balaban J connectivity index is 1.27. The number of aromatic nitrogens is 1. The lowest BCUT2D eigenvalue weighted by atomic mass is 9.87. The molecular weight excluding hydrogens is 398 g/mol. The Bertz CT molecular complexity index is 984. The van der Waals surface area contributed by atoms with E-state index in [1.807, 2.05) is 35.7 Å². The van der Waals surface area contributed by atoms with Crippen LogP contribution in [0.4, 0.5) is 0 Å². The van der Waals surface area contributed by atoms with Crippen LogP contribution < -0.4 is 10.6 Å². The van der Waals surface area contributed by atoms with Gasteiger partial charge in [-0.25, -0.2) is 4.98 Å². The number of amides is 2. The fourth-order valence-corrected chi connectivity index (χ4v) is 4.67. The van der Waals surface area contributed by atoms with Gasteiger partial charge >= 0.3 is 0 Å². The number of hydrogen-bond acceptors (Lipinski definition) is 5. The summed E-state index contributed by atoms with van der Waals surface area (Å²) < 4.78 is 5.45. The molecule has 1 atom stereocenters. The van der Waals surface area contributed by atoms with E-state index < -0.39 is 5.54 Å². The number of carbonyl (C=O) groups is 2. The van der Waals surface area contributed by atoms with Crippen LogP contribution in [0.15, 0.2) is 58.5 Å². The summed E-state index contributed by atoms with van der Waals surface area (Å²) in [7, 11) is 0. The normalized spacial score (nSPS) is 18.3. The van der Waals surface area contributed by atoms with E-state index in [1.54, 1.807) is 17.6 Å². The van der Waals surface area contributed by atoms with Gasteiger partial charge in [0.05, 0.1) is 23.5 Å². The molecule has 0 unspecified atom stereocenters. The highest BCUT2D eigenvalue weighted by Gasteiger charge is 2.38. The molecule has 0 aliphatic carbocycles. The topological polar surface area (TPSA) is 84.2 Å². The molecular formula is C23H25N3O3S. The van der Waals surface area contributed by atoms with Gasteiger partial charge in [-0.1, -0.05) is 30.3 Å². The fourth-order valence-electron chi connectivity index (χ4n) is 3.84. The van der Waals surface area contributed by atoms with Gasteiger partial charge in [0, 0.05) is 36.6 Å². The molecule has 7 heteroatoms. The lowest BCUT2D eigenvalue weighted by molar-refractivity contribution is -0.123. The molecule has 3 aromatic rings. The van der Waals surface area contributed by atoms with Gasteiger partial charge in [-0.05, 0) is 30.5 Å². The number of furan rings is 1. The lowest BCUT2D eigenvalue weighted by Crippen LogP contribution is -2.44. The van der Waals surface area contributed by atoms with Gasteiger partial charge in [-0.3, -0.25) is 9.59 Å². The summed E-state index contributed by atoms with van der Waals surface area (Å²) >= 11 is 1.61. The van der Waals surface area contributed by atoms with Crippen molar-refractivity contribution >= 4 is 23.2 Å². The summed E-state index contributed by atoms with van der Waals surface area (Å²) in [5.41, 5.74) is 1.69. The largest absolute Gasteiger partial charge is 0.469 e. The van der Waals surface area contributed by atoms with Crippen LogP contribution in [0, 0.1) is 0 Å². The van der Waals surface area contributed by atoms with Gasteiger partial charge in [-0.15, -0.1) is 11.3 Å². The molecule has 2 amide bonds. The Morgan fingerprint density at radius 1 is 1.23 bits per heavy atom. The molecule has 30 heavy (non-hydrogen) atoms. The predicted octanol–water partition coefficient (Wildman–Crippen LogP) is 3.61. The van der Waals surface area contributed by atoms with Crippen molar-refractivity contribution in [2.45, 2.75) is 50.6 Å². The summed E-state index contributed by atoms with van der Waals surface area (Å²) in [5, 5.41) is 9.06. The molecule has 4 rings (SSSR count). The molecule has 1 saturated heterocycles. The SMILES string of the molecule is O=C(CC[C@]1(Cc2ccco2)CCC(=O)N1)NCc1csc(Cc2ccccc2)n1. The molecule has 0 radical (unpaired) electrons. The second-order valence-corrected chi connectivity index (χ2v) is 8.70. The van der Waals surface area contributed by atoms with Crippen molar-refractivity contribution < 1.29 is 14.0 Å². The number of carbonyl (C=O) groups excluding carboxylic acids is 2. The van der Waals surface area contributed by atoms with E-state index in [0.717, 1.165) is 29.3 Å². The summed E-state index contributed by atoms with van der Waals surface area (Å²) in [6, 6.07) is 14.0. The van der Waals surface area contributed by atoms with Gasteiger partial charge in [0.1, 0.15) is 5.76 Å². The standard InChI is InChI=1S/C23H25N3O3S/c27-20(8-10-23(11-9-21(28)26-23)14-19-7-4-12-29-19)24-15-18-16-30-22(25-18)13-17-5-2-1-3-6-17/h1-7,12,16H,8-11,13-15H2,(H,24,27)(H,26,28)/t23-/m1/s1. The summed E-state index contributed by atoms with van der Waals surface area (Å²) in [6.07, 6.45) is 5.18. The molecule has 3 heterocycles. The molecule has 6 nitrogen and oxygen atoms in total. The van der Waals surface area contributed by atoms with Gasteiger partial charge in [0.2, 0.25) is 11.8 Å². The molecule has 156 valence electrons. The number of benzene rings is 1. The molecule has 2 N–H and O–H groups in total. The third-order valence-corrected chi connectivity index (χ3v) is 6.32. The molecule has 0 spiro atoms. The maximum atomic E-state index is 12.4. The van der Waals surface area contributed by atoms with Crippen LogP contribution in [0.2, 0.25) is 0 Å². The summed E-state index contributed by atoms with van der Waals surface area (Å²) in [4.78, 5) is 28.9. The van der Waals surface area contributed by atoms with Crippen LogP contribution in [0.25, 0.3) is 0 Å². The number of nitrogens with one attached hydrogen (secondary N) is 2. The lowest BCUT2D eigenvalue weighted by Gasteiger charge is -2.28. The molecule has 2 aromatic heterocycles. The minimum atomic E-state index is -0.407. The zero-order valence-corrected chi connectivity index (χ0v) is 17.5. The van der Waals surface area contributed by atoms with Crippen LogP contribution in [0.5, 0.6) is 0 Å². The highest BCUT2D eigenvalue weighted by atomic mass is 32.1. The average Bonchev–Trinajstić information content (AvgIpc) is 3.49. The first-order valence-electron chi connectivity index (χ1n) is 10.2. The number of rotatable bonds is 9. The molecule has 0 saturated carbocycles. The smallest absolute Gasteiger partial charge is 0.220 e. The summed E-state index contributed by atoms with van der Waals surface area (Å²) in [6.45, 7) is 0.418. The average molecular weight is 424 g/mol. The number of nitrogens with zero attached hydrogens (tertiary/aromatic N) is 1. The van der Waals surface area contributed by atoms with E-state index in [0.29, 0.717) is 32.2 Å². The van der Waals surface area contributed by atoms with Crippen molar-refractivity contribution in [3.63, 3.8) is 0 Å². The minimum absolute atomic E-state index is 0.0346. The van der Waals surface area contributed by atoms with Crippen molar-refractivity contribution in [3.05, 3.63) is 76.1 Å². The first-order valence-corrected chi connectivity index (χ1v) is 11.1. The first-order chi connectivity index (χ1) is 14.6. The van der Waals surface area contributed by atoms with Crippen LogP contribution in [-0.2, 0) is 29.0 Å². The van der Waals surface area contributed by atoms with E-state index in [2.05, 4.69) is 27.8 Å². The monoisotopic (exact) mass is 423 g/mol. The molecule has 1 fully saturated rings. The van der Waals surface area contributed by atoms with Gasteiger partial charge in [0.15, 0.2) is 0 Å². The molecule has 1 aromatic carbocycles. The molecule has 1 aliphatic rings. The van der Waals surface area contributed by atoms with E-state index >= 15 is 0 Å². The molecule has 0 bridgehead atoms. The van der Waals surface area contributed by atoms with E-state index in [9.17, 15) is 9.59 Å². The first kappa shape index (κ1) is 20.3. The van der Waals surface area contributed by atoms with Crippen molar-refractivity contribution in [2.75, 3.05) is 0 Å². The maximum absolute atomic E-state index is 12.4. The second kappa shape index (κ2) is 9.26. The Morgan fingerprint density at radius 3 is 2.83 bits per heavy atom. The fraction of sp³-hybridized carbons (Fsp3) is 0.348. The minimum Gasteiger partial charge on any atom is -0.469 e. The van der Waals surface area contributed by atoms with Gasteiger partial charge in [-0.2, -0.15) is 0 Å². The maximum Gasteiger partial charge on any atom is 0.220 e.